The standard InChI is InChI=1S/C45H25N5/c1-47-32-20-21-37-34-12-3-7-16-42(34)50(45(37)27-32)43-17-8-4-13-35(43)38-26-31(19-22-40(38)48-2)30-10-9-11-33(25-30)49-41-15-6-5-14-36(41)39-24-29(28-46)18-23-44(39)49/h3-27H. The fourth-order valence-electron chi connectivity index (χ4n) is 7.36. The number of para-hydroxylation sites is 3. The second-order valence-corrected chi connectivity index (χ2v) is 12.3. The summed E-state index contributed by atoms with van der Waals surface area (Å²) in [5, 5.41) is 13.9. The summed E-state index contributed by atoms with van der Waals surface area (Å²) in [6, 6.07) is 53.3. The second-order valence-electron chi connectivity index (χ2n) is 12.3. The van der Waals surface area contributed by atoms with E-state index in [2.05, 4.69) is 91.6 Å². The molecule has 0 unspecified atom stereocenters. The van der Waals surface area contributed by atoms with Crippen molar-refractivity contribution in [1.82, 2.24) is 9.13 Å². The van der Waals surface area contributed by atoms with Crippen LogP contribution >= 0.6 is 0 Å². The number of benzene rings is 7. The van der Waals surface area contributed by atoms with Gasteiger partial charge in [0.1, 0.15) is 0 Å². The van der Waals surface area contributed by atoms with Gasteiger partial charge < -0.3 is 9.13 Å². The quantitative estimate of drug-likeness (QED) is 0.177. The molecule has 0 aliphatic carbocycles. The van der Waals surface area contributed by atoms with Gasteiger partial charge in [-0.3, -0.25) is 0 Å². The van der Waals surface area contributed by atoms with Gasteiger partial charge in [-0.1, -0.05) is 97.1 Å². The van der Waals surface area contributed by atoms with Gasteiger partial charge in [-0.15, -0.1) is 0 Å². The largest absolute Gasteiger partial charge is 0.310 e. The molecule has 50 heavy (non-hydrogen) atoms. The minimum absolute atomic E-state index is 0.565. The van der Waals surface area contributed by atoms with Crippen LogP contribution in [-0.4, -0.2) is 9.13 Å². The highest BCUT2D eigenvalue weighted by Gasteiger charge is 2.19. The van der Waals surface area contributed by atoms with E-state index in [1.54, 1.807) is 0 Å². The SMILES string of the molecule is [C-]#[N+]c1ccc2c3ccccc3n(-c3ccccc3-c3cc(-c4cccc(-n5c6ccccc6c6cc(C#N)ccc65)c4)ccc3[N+]#[C-])c2c1. The Kier molecular flexibility index (Phi) is 6.56. The van der Waals surface area contributed by atoms with Crippen LogP contribution in [-0.2, 0) is 0 Å². The highest BCUT2D eigenvalue weighted by molar-refractivity contribution is 6.11. The van der Waals surface area contributed by atoms with E-state index in [1.807, 2.05) is 84.9 Å². The smallest absolute Gasteiger partial charge is 0.195 e. The average molecular weight is 636 g/mol. The van der Waals surface area contributed by atoms with Crippen molar-refractivity contribution in [1.29, 1.82) is 5.26 Å². The molecule has 0 saturated heterocycles. The number of aromatic nitrogens is 2. The van der Waals surface area contributed by atoms with Crippen LogP contribution < -0.4 is 0 Å². The maximum atomic E-state index is 9.60. The molecular weight excluding hydrogens is 611 g/mol. The van der Waals surface area contributed by atoms with Crippen molar-refractivity contribution in [3.05, 3.63) is 180 Å². The van der Waals surface area contributed by atoms with Crippen molar-refractivity contribution < 1.29 is 0 Å². The molecule has 0 amide bonds. The fraction of sp³-hybridized carbons (Fsp3) is 0. The summed E-state index contributed by atoms with van der Waals surface area (Å²) in [6.07, 6.45) is 0. The van der Waals surface area contributed by atoms with Crippen LogP contribution in [0.1, 0.15) is 5.56 Å². The first-order valence-electron chi connectivity index (χ1n) is 16.2. The van der Waals surface area contributed by atoms with Crippen LogP contribution in [0.3, 0.4) is 0 Å². The third-order valence-corrected chi connectivity index (χ3v) is 9.58. The van der Waals surface area contributed by atoms with Gasteiger partial charge in [0, 0.05) is 32.7 Å². The Labute approximate surface area is 288 Å². The van der Waals surface area contributed by atoms with E-state index < -0.39 is 0 Å². The first-order chi connectivity index (χ1) is 24.7. The first-order valence-corrected chi connectivity index (χ1v) is 16.2. The van der Waals surface area contributed by atoms with Gasteiger partial charge in [0.2, 0.25) is 0 Å². The van der Waals surface area contributed by atoms with E-state index in [0.717, 1.165) is 77.2 Å². The molecule has 0 bridgehead atoms. The zero-order chi connectivity index (χ0) is 33.8. The van der Waals surface area contributed by atoms with Crippen LogP contribution in [0.2, 0.25) is 0 Å². The summed E-state index contributed by atoms with van der Waals surface area (Å²) in [6.45, 7) is 15.8. The molecular formula is C45H25N5. The highest BCUT2D eigenvalue weighted by atomic mass is 15.0. The van der Waals surface area contributed by atoms with E-state index in [4.69, 9.17) is 13.1 Å². The van der Waals surface area contributed by atoms with Gasteiger partial charge in [0.05, 0.1) is 47.0 Å². The summed E-state index contributed by atoms with van der Waals surface area (Å²) >= 11 is 0. The number of nitrogens with zero attached hydrogens (tertiary/aromatic N) is 5. The van der Waals surface area contributed by atoms with Gasteiger partial charge in [-0.2, -0.15) is 5.26 Å². The van der Waals surface area contributed by atoms with Crippen LogP contribution in [0.4, 0.5) is 11.4 Å². The lowest BCUT2D eigenvalue weighted by Crippen LogP contribution is -1.97. The number of hydrogen-bond donors (Lipinski definition) is 0. The highest BCUT2D eigenvalue weighted by Crippen LogP contribution is 2.42. The van der Waals surface area contributed by atoms with Crippen LogP contribution in [0.15, 0.2) is 152 Å². The van der Waals surface area contributed by atoms with Crippen molar-refractivity contribution in [2.75, 3.05) is 0 Å². The lowest BCUT2D eigenvalue weighted by molar-refractivity contribution is 1.18. The molecule has 2 aromatic heterocycles. The van der Waals surface area contributed by atoms with E-state index in [0.29, 0.717) is 16.9 Å². The van der Waals surface area contributed by atoms with E-state index in [-0.39, 0.29) is 0 Å². The Bertz CT molecular complexity index is 2970. The molecule has 9 rings (SSSR count). The Hall–Kier alpha value is -7.39. The molecule has 0 fully saturated rings. The zero-order valence-corrected chi connectivity index (χ0v) is 26.7. The normalized spacial score (nSPS) is 11.1. The first kappa shape index (κ1) is 28.8. The number of nitriles is 1. The average Bonchev–Trinajstić information content (AvgIpc) is 3.69. The molecule has 5 heteroatoms. The van der Waals surface area contributed by atoms with Gasteiger partial charge in [0.15, 0.2) is 11.4 Å². The van der Waals surface area contributed by atoms with Gasteiger partial charge in [-0.25, -0.2) is 9.69 Å². The predicted octanol–water partition coefficient (Wildman–Crippen LogP) is 12.2. The van der Waals surface area contributed by atoms with E-state index in [9.17, 15) is 5.26 Å². The summed E-state index contributed by atoms with van der Waals surface area (Å²) in [4.78, 5) is 7.70. The van der Waals surface area contributed by atoms with E-state index >= 15 is 0 Å². The zero-order valence-electron chi connectivity index (χ0n) is 26.7. The number of rotatable bonds is 4. The maximum Gasteiger partial charge on any atom is 0.195 e. The Balaban J connectivity index is 1.24. The van der Waals surface area contributed by atoms with E-state index in [1.165, 1.54) is 0 Å². The van der Waals surface area contributed by atoms with Crippen LogP contribution in [0.5, 0.6) is 0 Å². The molecule has 0 radical (unpaired) electrons. The molecule has 0 atom stereocenters. The summed E-state index contributed by atoms with van der Waals surface area (Å²) < 4.78 is 4.47. The third-order valence-electron chi connectivity index (χ3n) is 9.58. The third kappa shape index (κ3) is 4.38. The topological polar surface area (TPSA) is 42.4 Å². The fourth-order valence-corrected chi connectivity index (χ4v) is 7.36. The molecule has 9 aromatic rings. The van der Waals surface area contributed by atoms with Gasteiger partial charge >= 0.3 is 0 Å². The lowest BCUT2D eigenvalue weighted by Gasteiger charge is -2.16. The molecule has 0 aliphatic rings. The minimum atomic E-state index is 0.565. The molecule has 0 saturated carbocycles. The lowest BCUT2D eigenvalue weighted by atomic mass is 9.96. The molecule has 0 N–H and O–H groups in total. The van der Waals surface area contributed by atoms with Gasteiger partial charge in [-0.05, 0) is 76.9 Å². The van der Waals surface area contributed by atoms with Crippen molar-refractivity contribution >= 4 is 55.0 Å². The summed E-state index contributed by atoms with van der Waals surface area (Å²) in [5.74, 6) is 0. The second kappa shape index (κ2) is 11.4. The minimum Gasteiger partial charge on any atom is -0.310 e. The molecule has 2 heterocycles. The van der Waals surface area contributed by atoms with Crippen molar-refractivity contribution in [2.24, 2.45) is 0 Å². The number of fused-ring (bicyclic) bond motifs is 6. The molecule has 230 valence electrons. The van der Waals surface area contributed by atoms with Crippen molar-refractivity contribution in [3.63, 3.8) is 0 Å². The van der Waals surface area contributed by atoms with Crippen molar-refractivity contribution in [3.8, 4) is 39.7 Å². The van der Waals surface area contributed by atoms with Crippen LogP contribution in [0, 0.1) is 24.5 Å². The van der Waals surface area contributed by atoms with Gasteiger partial charge in [0.25, 0.3) is 0 Å². The molecule has 7 aromatic carbocycles. The molecule has 0 spiro atoms. The Morgan fingerprint density at radius 2 is 1.18 bits per heavy atom. The van der Waals surface area contributed by atoms with Crippen LogP contribution in [0.25, 0.3) is 86.9 Å². The predicted molar refractivity (Wildman–Crippen MR) is 203 cm³/mol. The maximum absolute atomic E-state index is 9.60. The molecule has 0 aliphatic heterocycles. The monoisotopic (exact) mass is 635 g/mol. The Morgan fingerprint density at radius 1 is 0.480 bits per heavy atom. The number of hydrogen-bond acceptors (Lipinski definition) is 1. The molecule has 5 nitrogen and oxygen atoms in total. The summed E-state index contributed by atoms with van der Waals surface area (Å²) in [7, 11) is 0. The Morgan fingerprint density at radius 3 is 1.98 bits per heavy atom. The summed E-state index contributed by atoms with van der Waals surface area (Å²) in [5.41, 5.74) is 11.6. The van der Waals surface area contributed by atoms with Crippen molar-refractivity contribution in [2.45, 2.75) is 0 Å².